The molecule has 1 atom stereocenters. The molecule has 4 rings (SSSR count). The molecule has 1 unspecified atom stereocenters. The molecule has 4 nitrogen and oxygen atoms in total. The summed E-state index contributed by atoms with van der Waals surface area (Å²) in [6.45, 7) is 0.716. The Kier molecular flexibility index (Phi) is 4.24. The normalized spacial score (nSPS) is 16.4. The average molecular weight is 348 g/mol. The Bertz CT molecular complexity index is 971. The van der Waals surface area contributed by atoms with E-state index in [1.54, 1.807) is 11.8 Å². The number of nitrogen functional groups attached to an aromatic ring is 1. The number of imidazole rings is 1. The number of allylic oxidation sites excluding steroid dienone is 2. The smallest absolute Gasteiger partial charge is 0.0955 e. The van der Waals surface area contributed by atoms with Crippen molar-refractivity contribution in [2.24, 2.45) is 7.05 Å². The second kappa shape index (κ2) is 6.69. The third kappa shape index (κ3) is 3.28. The molecule has 3 N–H and O–H groups in total. The second-order valence-electron chi connectivity index (χ2n) is 6.15. The summed E-state index contributed by atoms with van der Waals surface area (Å²) in [5, 5.41) is 5.93. The molecule has 1 aromatic heterocycles. The average Bonchev–Trinajstić information content (AvgIpc) is 3.02. The molecule has 1 aliphatic rings. The summed E-state index contributed by atoms with van der Waals surface area (Å²) in [6, 6.07) is 12.6. The van der Waals surface area contributed by atoms with Gasteiger partial charge in [0.1, 0.15) is 0 Å². The molecule has 0 bridgehead atoms. The van der Waals surface area contributed by atoms with Crippen molar-refractivity contribution in [1.29, 1.82) is 0 Å². The van der Waals surface area contributed by atoms with Crippen molar-refractivity contribution in [2.45, 2.75) is 11.8 Å². The molecular formula is C20H20N4S. The van der Waals surface area contributed by atoms with Crippen molar-refractivity contribution >= 4 is 34.2 Å². The maximum atomic E-state index is 6.16. The summed E-state index contributed by atoms with van der Waals surface area (Å²) in [4.78, 5) is 4.42. The zero-order valence-corrected chi connectivity index (χ0v) is 14.8. The molecule has 1 aliphatic heterocycles. The molecule has 0 spiro atoms. The van der Waals surface area contributed by atoms with Crippen LogP contribution in [0.1, 0.15) is 16.4 Å². The highest BCUT2D eigenvalue weighted by Gasteiger charge is 2.11. The van der Waals surface area contributed by atoms with Crippen LogP contribution in [0.5, 0.6) is 0 Å². The Morgan fingerprint density at radius 2 is 2.12 bits per heavy atom. The Balaban J connectivity index is 1.53. The molecule has 0 radical (unpaired) electrons. The molecule has 5 heteroatoms. The SMILES string of the molecule is Cn1cnc2cc(CNc3cc(C4C=CC=CS4)ccc3N)ccc21. The molecule has 0 saturated heterocycles. The first-order chi connectivity index (χ1) is 12.2. The van der Waals surface area contributed by atoms with E-state index in [0.29, 0.717) is 11.8 Å². The van der Waals surface area contributed by atoms with Crippen LogP contribution in [0.25, 0.3) is 11.0 Å². The van der Waals surface area contributed by atoms with Gasteiger partial charge < -0.3 is 15.6 Å². The highest BCUT2D eigenvalue weighted by molar-refractivity contribution is 8.02. The summed E-state index contributed by atoms with van der Waals surface area (Å²) in [7, 11) is 2.01. The molecule has 2 heterocycles. The number of fused-ring (bicyclic) bond motifs is 1. The fourth-order valence-corrected chi connectivity index (χ4v) is 3.80. The van der Waals surface area contributed by atoms with Gasteiger partial charge in [-0.3, -0.25) is 0 Å². The topological polar surface area (TPSA) is 55.9 Å². The number of nitrogens with zero attached hydrogens (tertiary/aromatic N) is 2. The van der Waals surface area contributed by atoms with Crippen LogP contribution in [0.4, 0.5) is 11.4 Å². The van der Waals surface area contributed by atoms with E-state index in [9.17, 15) is 0 Å². The Morgan fingerprint density at radius 3 is 2.96 bits per heavy atom. The van der Waals surface area contributed by atoms with Gasteiger partial charge in [0.05, 0.1) is 34.0 Å². The lowest BCUT2D eigenvalue weighted by molar-refractivity contribution is 0.947. The maximum absolute atomic E-state index is 6.16. The van der Waals surface area contributed by atoms with Crippen LogP contribution < -0.4 is 11.1 Å². The molecular weight excluding hydrogens is 328 g/mol. The molecule has 126 valence electrons. The number of aryl methyl sites for hydroxylation is 1. The third-order valence-electron chi connectivity index (χ3n) is 4.38. The number of benzene rings is 2. The molecule has 0 fully saturated rings. The van der Waals surface area contributed by atoms with E-state index in [2.05, 4.69) is 64.3 Å². The van der Waals surface area contributed by atoms with Gasteiger partial charge in [0, 0.05) is 13.6 Å². The number of rotatable bonds is 4. The fraction of sp³-hybridized carbons (Fsp3) is 0.150. The van der Waals surface area contributed by atoms with E-state index in [-0.39, 0.29) is 0 Å². The van der Waals surface area contributed by atoms with Crippen molar-refractivity contribution in [2.75, 3.05) is 11.1 Å². The van der Waals surface area contributed by atoms with Gasteiger partial charge in [-0.1, -0.05) is 30.4 Å². The summed E-state index contributed by atoms with van der Waals surface area (Å²) >= 11 is 1.80. The van der Waals surface area contributed by atoms with Crippen LogP contribution in [0.3, 0.4) is 0 Å². The van der Waals surface area contributed by atoms with E-state index in [1.807, 2.05) is 24.0 Å². The van der Waals surface area contributed by atoms with Crippen LogP contribution >= 0.6 is 11.8 Å². The predicted octanol–water partition coefficient (Wildman–Crippen LogP) is 4.63. The first-order valence-electron chi connectivity index (χ1n) is 8.23. The summed E-state index contributed by atoms with van der Waals surface area (Å²) in [5.74, 6) is 0. The Morgan fingerprint density at radius 1 is 1.20 bits per heavy atom. The van der Waals surface area contributed by atoms with Crippen molar-refractivity contribution in [3.8, 4) is 0 Å². The van der Waals surface area contributed by atoms with Crippen LogP contribution in [0.2, 0.25) is 0 Å². The molecule has 2 aromatic carbocycles. The minimum absolute atomic E-state index is 0.344. The largest absolute Gasteiger partial charge is 0.397 e. The lowest BCUT2D eigenvalue weighted by Crippen LogP contribution is -2.04. The number of aromatic nitrogens is 2. The van der Waals surface area contributed by atoms with Gasteiger partial charge in [-0.15, -0.1) is 11.8 Å². The maximum Gasteiger partial charge on any atom is 0.0955 e. The van der Waals surface area contributed by atoms with Gasteiger partial charge >= 0.3 is 0 Å². The van der Waals surface area contributed by atoms with Gasteiger partial charge in [0.2, 0.25) is 0 Å². The highest BCUT2D eigenvalue weighted by atomic mass is 32.2. The van der Waals surface area contributed by atoms with Crippen molar-refractivity contribution in [1.82, 2.24) is 9.55 Å². The van der Waals surface area contributed by atoms with E-state index in [4.69, 9.17) is 5.73 Å². The second-order valence-corrected chi connectivity index (χ2v) is 7.20. The van der Waals surface area contributed by atoms with E-state index in [0.717, 1.165) is 22.4 Å². The lowest BCUT2D eigenvalue weighted by Gasteiger charge is -2.16. The zero-order chi connectivity index (χ0) is 17.2. The van der Waals surface area contributed by atoms with E-state index < -0.39 is 0 Å². The minimum Gasteiger partial charge on any atom is -0.397 e. The number of anilines is 2. The first kappa shape index (κ1) is 15.8. The lowest BCUT2D eigenvalue weighted by atomic mass is 10.1. The molecule has 0 amide bonds. The molecule has 25 heavy (non-hydrogen) atoms. The number of hydrogen-bond donors (Lipinski definition) is 2. The Labute approximate surface area is 151 Å². The molecule has 0 saturated carbocycles. The van der Waals surface area contributed by atoms with E-state index >= 15 is 0 Å². The quantitative estimate of drug-likeness (QED) is 0.675. The molecule has 0 aliphatic carbocycles. The van der Waals surface area contributed by atoms with Crippen molar-refractivity contribution in [3.63, 3.8) is 0 Å². The highest BCUT2D eigenvalue weighted by Crippen LogP contribution is 2.36. The fourth-order valence-electron chi connectivity index (χ4n) is 2.97. The predicted molar refractivity (Wildman–Crippen MR) is 108 cm³/mol. The van der Waals surface area contributed by atoms with Gasteiger partial charge in [0.15, 0.2) is 0 Å². The Hall–Kier alpha value is -2.66. The number of thioether (sulfide) groups is 1. The van der Waals surface area contributed by atoms with Crippen molar-refractivity contribution < 1.29 is 0 Å². The minimum atomic E-state index is 0.344. The van der Waals surface area contributed by atoms with Crippen LogP contribution in [0.15, 0.2) is 66.4 Å². The van der Waals surface area contributed by atoms with Crippen LogP contribution in [-0.4, -0.2) is 9.55 Å². The summed E-state index contributed by atoms with van der Waals surface area (Å²) < 4.78 is 2.03. The van der Waals surface area contributed by atoms with Gasteiger partial charge in [-0.2, -0.15) is 0 Å². The van der Waals surface area contributed by atoms with Crippen LogP contribution in [-0.2, 0) is 13.6 Å². The monoisotopic (exact) mass is 348 g/mol. The number of nitrogens with one attached hydrogen (secondary N) is 1. The van der Waals surface area contributed by atoms with Crippen molar-refractivity contribution in [3.05, 3.63) is 77.5 Å². The number of hydrogen-bond acceptors (Lipinski definition) is 4. The van der Waals surface area contributed by atoms with E-state index in [1.165, 1.54) is 11.1 Å². The first-order valence-corrected chi connectivity index (χ1v) is 9.17. The summed E-state index contributed by atoms with van der Waals surface area (Å²) in [5.41, 5.74) is 12.5. The van der Waals surface area contributed by atoms with Crippen LogP contribution in [0, 0.1) is 0 Å². The molecule has 3 aromatic rings. The standard InChI is InChI=1S/C20H20N4S/c1-24-13-23-18-10-14(5-8-19(18)24)12-22-17-11-15(6-7-16(17)21)20-4-2-3-9-25-20/h2-11,13,20,22H,12,21H2,1H3. The third-order valence-corrected chi connectivity index (χ3v) is 5.42. The van der Waals surface area contributed by atoms with Gasteiger partial charge in [-0.05, 0) is 40.8 Å². The van der Waals surface area contributed by atoms with Gasteiger partial charge in [0.25, 0.3) is 0 Å². The van der Waals surface area contributed by atoms with Gasteiger partial charge in [-0.25, -0.2) is 4.98 Å². The summed E-state index contributed by atoms with van der Waals surface area (Å²) in [6.07, 6.45) is 8.19. The zero-order valence-electron chi connectivity index (χ0n) is 14.0. The number of nitrogens with two attached hydrogens (primary N) is 1.